The highest BCUT2D eigenvalue weighted by Crippen LogP contribution is 2.07. The van der Waals surface area contributed by atoms with Crippen molar-refractivity contribution in [3.8, 4) is 0 Å². The zero-order chi connectivity index (χ0) is 12.1. The summed E-state index contributed by atoms with van der Waals surface area (Å²) in [5.74, 6) is -3.49. The number of carboxylic acid groups (broad SMARTS) is 1. The molecule has 0 aliphatic rings. The molecule has 0 aromatic carbocycles. The highest BCUT2D eigenvalue weighted by Gasteiger charge is 2.18. The second-order valence-corrected chi connectivity index (χ2v) is 10.1. The summed E-state index contributed by atoms with van der Waals surface area (Å²) >= 11 is 0. The number of rotatable bonds is 6. The van der Waals surface area contributed by atoms with Gasteiger partial charge in [-0.3, -0.25) is 9.59 Å². The van der Waals surface area contributed by atoms with Crippen LogP contribution in [0.25, 0.3) is 0 Å². The molecule has 0 atom stereocenters. The largest absolute Gasteiger partial charge is 0.475 e. The number of esters is 1. The van der Waals surface area contributed by atoms with E-state index in [1.165, 1.54) is 0 Å². The third-order valence-corrected chi connectivity index (χ3v) is 3.36. The number of aliphatic carboxylic acids is 1. The van der Waals surface area contributed by atoms with Gasteiger partial charge in [-0.25, -0.2) is 4.79 Å². The molecule has 0 saturated heterocycles. The lowest BCUT2D eigenvalue weighted by atomic mass is 10.3. The van der Waals surface area contributed by atoms with Gasteiger partial charge in [-0.2, -0.15) is 0 Å². The first-order chi connectivity index (χ1) is 6.72. The smallest absolute Gasteiger partial charge is 0.372 e. The summed E-state index contributed by atoms with van der Waals surface area (Å²) in [6.45, 7) is 6.65. The molecule has 5 nitrogen and oxygen atoms in total. The monoisotopic (exact) mass is 232 g/mol. The van der Waals surface area contributed by atoms with Crippen LogP contribution in [0.5, 0.6) is 0 Å². The van der Waals surface area contributed by atoms with Crippen molar-refractivity contribution >= 4 is 25.8 Å². The average molecular weight is 232 g/mol. The second-order valence-electron chi connectivity index (χ2n) is 4.44. The molecule has 86 valence electrons. The maximum absolute atomic E-state index is 11.0. The standard InChI is InChI=1S/C9H16O5Si/c1-15(2,3)5-4-14-8(11)6-7(10)9(12)13/h4-6H2,1-3H3,(H,12,13). The molecule has 0 saturated carbocycles. The molecular formula is C9H16O5Si. The minimum Gasteiger partial charge on any atom is -0.475 e. The molecule has 0 rings (SSSR count). The van der Waals surface area contributed by atoms with Gasteiger partial charge in [0.1, 0.15) is 6.42 Å². The van der Waals surface area contributed by atoms with Crippen LogP contribution < -0.4 is 0 Å². The van der Waals surface area contributed by atoms with Crippen molar-refractivity contribution in [1.29, 1.82) is 0 Å². The van der Waals surface area contributed by atoms with Crippen LogP contribution in [-0.4, -0.2) is 37.5 Å². The molecule has 1 N–H and O–H groups in total. The number of Topliss-reactive ketones (excluding diaryl/α,β-unsaturated/α-hetero) is 1. The first kappa shape index (κ1) is 13.8. The van der Waals surface area contributed by atoms with Gasteiger partial charge < -0.3 is 9.84 Å². The molecule has 6 heteroatoms. The lowest BCUT2D eigenvalue weighted by molar-refractivity contribution is -0.154. The molecule has 0 radical (unpaired) electrons. The van der Waals surface area contributed by atoms with E-state index in [9.17, 15) is 14.4 Å². The van der Waals surface area contributed by atoms with Crippen molar-refractivity contribution in [2.45, 2.75) is 32.1 Å². The lowest BCUT2D eigenvalue weighted by Crippen LogP contribution is -2.24. The fourth-order valence-electron chi connectivity index (χ4n) is 0.729. The van der Waals surface area contributed by atoms with Gasteiger partial charge in [0.15, 0.2) is 0 Å². The van der Waals surface area contributed by atoms with E-state index in [1.807, 2.05) is 0 Å². The van der Waals surface area contributed by atoms with Gasteiger partial charge in [-0.15, -0.1) is 0 Å². The minimum absolute atomic E-state index is 0.265. The summed E-state index contributed by atoms with van der Waals surface area (Å²) in [5.41, 5.74) is 0. The number of hydrogen-bond acceptors (Lipinski definition) is 4. The van der Waals surface area contributed by atoms with Gasteiger partial charge in [-0.1, -0.05) is 19.6 Å². The molecular weight excluding hydrogens is 216 g/mol. The average Bonchev–Trinajstić information content (AvgIpc) is 2.01. The molecule has 15 heavy (non-hydrogen) atoms. The summed E-state index contributed by atoms with van der Waals surface area (Å²) < 4.78 is 4.75. The number of ketones is 1. The molecule has 0 bridgehead atoms. The number of ether oxygens (including phenoxy) is 1. The Morgan fingerprint density at radius 2 is 1.73 bits per heavy atom. The van der Waals surface area contributed by atoms with Crippen LogP contribution in [0.15, 0.2) is 0 Å². The van der Waals surface area contributed by atoms with Crippen molar-refractivity contribution in [2.75, 3.05) is 6.61 Å². The zero-order valence-electron chi connectivity index (χ0n) is 9.20. The zero-order valence-corrected chi connectivity index (χ0v) is 10.2. The van der Waals surface area contributed by atoms with Gasteiger partial charge >= 0.3 is 11.9 Å². The highest BCUT2D eigenvalue weighted by atomic mass is 28.3. The second kappa shape index (κ2) is 5.65. The highest BCUT2D eigenvalue weighted by molar-refractivity contribution is 6.76. The van der Waals surface area contributed by atoms with Gasteiger partial charge in [0, 0.05) is 8.07 Å². The van der Waals surface area contributed by atoms with E-state index in [4.69, 9.17) is 9.84 Å². The first-order valence-electron chi connectivity index (χ1n) is 4.64. The lowest BCUT2D eigenvalue weighted by Gasteiger charge is -2.14. The summed E-state index contributed by atoms with van der Waals surface area (Å²) in [4.78, 5) is 31.7. The Bertz CT molecular complexity index is 266. The fraction of sp³-hybridized carbons (Fsp3) is 0.667. The number of carbonyl (C=O) groups excluding carboxylic acids is 2. The molecule has 0 heterocycles. The first-order valence-corrected chi connectivity index (χ1v) is 8.35. The van der Waals surface area contributed by atoms with E-state index >= 15 is 0 Å². The Balaban J connectivity index is 3.77. The molecule has 0 aliphatic carbocycles. The van der Waals surface area contributed by atoms with Crippen LogP contribution in [0.4, 0.5) is 0 Å². The van der Waals surface area contributed by atoms with Gasteiger partial charge in [0.25, 0.3) is 5.78 Å². The number of hydrogen-bond donors (Lipinski definition) is 1. The summed E-state index contributed by atoms with van der Waals surface area (Å²) in [7, 11) is -1.26. The predicted molar refractivity (Wildman–Crippen MR) is 56.4 cm³/mol. The van der Waals surface area contributed by atoms with Gasteiger partial charge in [0.05, 0.1) is 6.61 Å². The van der Waals surface area contributed by atoms with Gasteiger partial charge in [-0.05, 0) is 6.04 Å². The van der Waals surface area contributed by atoms with E-state index in [0.29, 0.717) is 0 Å². The maximum Gasteiger partial charge on any atom is 0.372 e. The third-order valence-electron chi connectivity index (χ3n) is 1.66. The Hall–Kier alpha value is -1.17. The Morgan fingerprint density at radius 3 is 2.13 bits per heavy atom. The SMILES string of the molecule is C[Si](C)(C)CCOC(=O)CC(=O)C(=O)O. The Labute approximate surface area is 89.4 Å². The predicted octanol–water partition coefficient (Wildman–Crippen LogP) is 0.912. The summed E-state index contributed by atoms with van der Waals surface area (Å²) in [6, 6.07) is 0.806. The van der Waals surface area contributed by atoms with Crippen LogP contribution >= 0.6 is 0 Å². The summed E-state index contributed by atoms with van der Waals surface area (Å²) in [5, 5.41) is 8.24. The fourth-order valence-corrected chi connectivity index (χ4v) is 1.44. The molecule has 0 unspecified atom stereocenters. The van der Waals surface area contributed by atoms with Crippen molar-refractivity contribution in [2.24, 2.45) is 0 Å². The Morgan fingerprint density at radius 1 is 1.20 bits per heavy atom. The molecule has 0 spiro atoms. The van der Waals surface area contributed by atoms with Crippen LogP contribution in [0, 0.1) is 0 Å². The maximum atomic E-state index is 11.0. The van der Waals surface area contributed by atoms with E-state index in [-0.39, 0.29) is 6.61 Å². The molecule has 0 aromatic rings. The van der Waals surface area contributed by atoms with Crippen LogP contribution in [0.1, 0.15) is 6.42 Å². The van der Waals surface area contributed by atoms with Crippen LogP contribution in [0.3, 0.4) is 0 Å². The molecule has 0 aliphatic heterocycles. The Kier molecular flexibility index (Phi) is 5.20. The molecule has 0 fully saturated rings. The summed E-state index contributed by atoms with van der Waals surface area (Å²) in [6.07, 6.45) is -0.680. The van der Waals surface area contributed by atoms with Crippen LogP contribution in [-0.2, 0) is 19.1 Å². The van der Waals surface area contributed by atoms with E-state index in [1.54, 1.807) is 0 Å². The van der Waals surface area contributed by atoms with Crippen molar-refractivity contribution in [1.82, 2.24) is 0 Å². The quantitative estimate of drug-likeness (QED) is 0.318. The number of carboxylic acids is 1. The van der Waals surface area contributed by atoms with E-state index < -0.39 is 32.2 Å². The molecule has 0 aromatic heterocycles. The third kappa shape index (κ3) is 7.86. The van der Waals surface area contributed by atoms with E-state index in [0.717, 1.165) is 6.04 Å². The number of carbonyl (C=O) groups is 3. The van der Waals surface area contributed by atoms with E-state index in [2.05, 4.69) is 19.6 Å². The van der Waals surface area contributed by atoms with Crippen molar-refractivity contribution in [3.05, 3.63) is 0 Å². The van der Waals surface area contributed by atoms with Crippen molar-refractivity contribution in [3.63, 3.8) is 0 Å². The van der Waals surface area contributed by atoms with Gasteiger partial charge in [0.2, 0.25) is 0 Å². The van der Waals surface area contributed by atoms with Crippen LogP contribution in [0.2, 0.25) is 25.7 Å². The normalized spacial score (nSPS) is 10.9. The topological polar surface area (TPSA) is 80.7 Å². The minimum atomic E-state index is -1.60. The van der Waals surface area contributed by atoms with Crippen molar-refractivity contribution < 1.29 is 24.2 Å². The molecule has 0 amide bonds.